The fraction of sp³-hybridized carbons (Fsp3) is 0.346. The number of hydrogen-bond donors (Lipinski definition) is 3. The van der Waals surface area contributed by atoms with Crippen molar-refractivity contribution in [3.05, 3.63) is 64.6 Å². The molecule has 0 spiro atoms. The van der Waals surface area contributed by atoms with Gasteiger partial charge in [0.05, 0.1) is 11.7 Å². The Hall–Kier alpha value is -4.01. The number of rotatable bonds is 6. The molecule has 4 rings (SSSR count). The molecule has 182 valence electrons. The Kier molecular flexibility index (Phi) is 6.43. The van der Waals surface area contributed by atoms with E-state index >= 15 is 0 Å². The maximum absolute atomic E-state index is 13.9. The molecule has 35 heavy (non-hydrogen) atoms. The molecule has 0 aliphatic rings. The number of carboxylic acid groups (broad SMARTS) is 1. The van der Waals surface area contributed by atoms with Crippen LogP contribution in [0.4, 0.5) is 4.79 Å². The lowest BCUT2D eigenvalue weighted by Gasteiger charge is -2.35. The molecule has 9 nitrogen and oxygen atoms in total. The summed E-state index contributed by atoms with van der Waals surface area (Å²) in [5, 5.41) is 28.0. The van der Waals surface area contributed by atoms with Crippen LogP contribution in [-0.4, -0.2) is 36.4 Å². The number of aromatic amines is 1. The molecule has 4 aromatic rings. The molecule has 0 fully saturated rings. The summed E-state index contributed by atoms with van der Waals surface area (Å²) < 4.78 is 1.75. The lowest BCUT2D eigenvalue weighted by Crippen LogP contribution is -2.40. The van der Waals surface area contributed by atoms with Gasteiger partial charge in [-0.05, 0) is 39.6 Å². The maximum Gasteiger partial charge on any atom is 0.405 e. The fourth-order valence-electron chi connectivity index (χ4n) is 4.46. The van der Waals surface area contributed by atoms with Gasteiger partial charge < -0.3 is 15.0 Å². The summed E-state index contributed by atoms with van der Waals surface area (Å²) in [5.74, 6) is 0.575. The van der Waals surface area contributed by atoms with E-state index in [-0.39, 0.29) is 11.5 Å². The van der Waals surface area contributed by atoms with E-state index in [1.807, 2.05) is 71.0 Å². The number of H-pyrrole nitrogens is 1. The fourth-order valence-corrected chi connectivity index (χ4v) is 4.46. The van der Waals surface area contributed by atoms with Crippen molar-refractivity contribution in [1.82, 2.24) is 30.5 Å². The largest absolute Gasteiger partial charge is 0.465 e. The van der Waals surface area contributed by atoms with Crippen LogP contribution >= 0.6 is 0 Å². The molecular formula is C26H30N6O3. The third-order valence-electron chi connectivity index (χ3n) is 5.93. The summed E-state index contributed by atoms with van der Waals surface area (Å²) in [4.78, 5) is 25.9. The predicted molar refractivity (Wildman–Crippen MR) is 135 cm³/mol. The van der Waals surface area contributed by atoms with Gasteiger partial charge in [-0.3, -0.25) is 4.79 Å². The number of pyridine rings is 1. The Bertz CT molecular complexity index is 1400. The molecule has 1 atom stereocenters. The Balaban J connectivity index is 2.20. The molecule has 0 saturated carbocycles. The summed E-state index contributed by atoms with van der Waals surface area (Å²) >= 11 is 0. The van der Waals surface area contributed by atoms with Crippen molar-refractivity contribution < 1.29 is 9.90 Å². The highest BCUT2D eigenvalue weighted by Crippen LogP contribution is 2.41. The van der Waals surface area contributed by atoms with Crippen LogP contribution in [0.15, 0.2) is 53.3 Å². The van der Waals surface area contributed by atoms with Crippen molar-refractivity contribution in [3.63, 3.8) is 0 Å². The molecule has 0 bridgehead atoms. The van der Waals surface area contributed by atoms with E-state index in [0.29, 0.717) is 34.4 Å². The number of aromatic nitrogens is 5. The molecule has 1 amide bonds. The minimum absolute atomic E-state index is 0.163. The molecule has 9 heteroatoms. The van der Waals surface area contributed by atoms with E-state index in [1.54, 1.807) is 16.7 Å². The third kappa shape index (κ3) is 4.80. The van der Waals surface area contributed by atoms with Gasteiger partial charge in [0.1, 0.15) is 0 Å². The van der Waals surface area contributed by atoms with Gasteiger partial charge in [0.25, 0.3) is 5.56 Å². The van der Waals surface area contributed by atoms with E-state index in [2.05, 4.69) is 25.9 Å². The van der Waals surface area contributed by atoms with Crippen molar-refractivity contribution in [1.29, 1.82) is 0 Å². The number of carbonyl (C=O) groups is 1. The average molecular weight is 475 g/mol. The topological polar surface area (TPSA) is 126 Å². The van der Waals surface area contributed by atoms with Crippen LogP contribution in [-0.2, 0) is 6.54 Å². The summed E-state index contributed by atoms with van der Waals surface area (Å²) in [6.07, 6.45) is -1.15. The third-order valence-corrected chi connectivity index (χ3v) is 5.93. The highest BCUT2D eigenvalue weighted by Gasteiger charge is 2.34. The lowest BCUT2D eigenvalue weighted by molar-refractivity contribution is 0.172. The van der Waals surface area contributed by atoms with Gasteiger partial charge in [-0.15, -0.1) is 10.2 Å². The number of fused-ring (bicyclic) bond motifs is 1. The molecule has 0 radical (unpaired) electrons. The number of nitrogens with one attached hydrogen (secondary N) is 2. The van der Waals surface area contributed by atoms with Crippen LogP contribution in [0.5, 0.6) is 0 Å². The van der Waals surface area contributed by atoms with Gasteiger partial charge in [-0.1, -0.05) is 71.0 Å². The van der Waals surface area contributed by atoms with Crippen LogP contribution in [0.1, 0.15) is 46.4 Å². The van der Waals surface area contributed by atoms with Crippen molar-refractivity contribution in [3.8, 4) is 22.5 Å². The standard InChI is InChI=1S/C26H30N6O3/c1-15(2)14-32-21(22(26(3,4)5)27-25(34)35)20(16-9-7-6-8-10-16)19-13-17(23-28-30-31-29-23)11-12-18(19)24(32)33/h6-13,15,22,27H,14H2,1-5H3,(H,34,35)(H,28,29,30,31). The van der Waals surface area contributed by atoms with E-state index in [4.69, 9.17) is 0 Å². The van der Waals surface area contributed by atoms with Crippen molar-refractivity contribution in [2.75, 3.05) is 0 Å². The zero-order valence-corrected chi connectivity index (χ0v) is 20.5. The summed E-state index contributed by atoms with van der Waals surface area (Å²) in [5.41, 5.74) is 2.35. The first-order valence-corrected chi connectivity index (χ1v) is 11.6. The molecule has 2 aromatic heterocycles. The minimum Gasteiger partial charge on any atom is -0.465 e. The van der Waals surface area contributed by atoms with Gasteiger partial charge >= 0.3 is 6.09 Å². The predicted octanol–water partition coefficient (Wildman–Crippen LogP) is 4.86. The van der Waals surface area contributed by atoms with Gasteiger partial charge in [-0.25, -0.2) is 4.79 Å². The summed E-state index contributed by atoms with van der Waals surface area (Å²) in [7, 11) is 0. The monoisotopic (exact) mass is 474 g/mol. The molecule has 3 N–H and O–H groups in total. The molecular weight excluding hydrogens is 444 g/mol. The lowest BCUT2D eigenvalue weighted by atomic mass is 9.80. The number of hydrogen-bond acceptors (Lipinski definition) is 5. The number of amides is 1. The summed E-state index contributed by atoms with van der Waals surface area (Å²) in [6, 6.07) is 14.6. The average Bonchev–Trinajstić information content (AvgIpc) is 3.33. The number of benzene rings is 2. The highest BCUT2D eigenvalue weighted by atomic mass is 16.4. The number of nitrogens with zero attached hydrogens (tertiary/aromatic N) is 4. The molecule has 0 aliphatic heterocycles. The highest BCUT2D eigenvalue weighted by molar-refractivity contribution is 5.99. The Morgan fingerprint density at radius 2 is 1.80 bits per heavy atom. The Morgan fingerprint density at radius 3 is 2.37 bits per heavy atom. The van der Waals surface area contributed by atoms with Gasteiger partial charge in [0.15, 0.2) is 0 Å². The van der Waals surface area contributed by atoms with Crippen LogP contribution in [0.25, 0.3) is 33.3 Å². The van der Waals surface area contributed by atoms with Gasteiger partial charge in [0, 0.05) is 23.1 Å². The van der Waals surface area contributed by atoms with E-state index < -0.39 is 17.6 Å². The first-order valence-electron chi connectivity index (χ1n) is 11.6. The van der Waals surface area contributed by atoms with Crippen LogP contribution in [0.2, 0.25) is 0 Å². The molecule has 1 unspecified atom stereocenters. The second kappa shape index (κ2) is 9.32. The quantitative estimate of drug-likeness (QED) is 0.366. The summed E-state index contributed by atoms with van der Waals surface area (Å²) in [6.45, 7) is 10.4. The Labute approximate surface area is 203 Å². The molecule has 2 heterocycles. The first kappa shape index (κ1) is 24.1. The SMILES string of the molecule is CC(C)Cn1c(C(NC(=O)O)C(C)(C)C)c(-c2ccccc2)c2cc(-c3nn[nH]n3)ccc2c1=O. The van der Waals surface area contributed by atoms with E-state index in [0.717, 1.165) is 11.1 Å². The number of tetrazole rings is 1. The van der Waals surface area contributed by atoms with E-state index in [9.17, 15) is 14.7 Å². The normalized spacial score (nSPS) is 12.7. The second-order valence-corrected chi connectivity index (χ2v) is 10.2. The minimum atomic E-state index is -1.15. The molecule has 0 aliphatic carbocycles. The van der Waals surface area contributed by atoms with Gasteiger partial charge in [-0.2, -0.15) is 5.21 Å². The van der Waals surface area contributed by atoms with Crippen molar-refractivity contribution in [2.45, 2.75) is 47.2 Å². The Morgan fingerprint density at radius 1 is 1.09 bits per heavy atom. The molecule has 0 saturated heterocycles. The zero-order valence-electron chi connectivity index (χ0n) is 20.5. The molecule has 2 aromatic carbocycles. The first-order chi connectivity index (χ1) is 16.6. The smallest absolute Gasteiger partial charge is 0.405 e. The van der Waals surface area contributed by atoms with Crippen LogP contribution in [0, 0.1) is 11.3 Å². The zero-order chi connectivity index (χ0) is 25.3. The van der Waals surface area contributed by atoms with Crippen LogP contribution in [0.3, 0.4) is 0 Å². The van der Waals surface area contributed by atoms with Gasteiger partial charge in [0.2, 0.25) is 5.82 Å². The van der Waals surface area contributed by atoms with Crippen molar-refractivity contribution >= 4 is 16.9 Å². The maximum atomic E-state index is 13.9. The second-order valence-electron chi connectivity index (χ2n) is 10.2. The van der Waals surface area contributed by atoms with E-state index in [1.165, 1.54) is 0 Å². The van der Waals surface area contributed by atoms with Crippen molar-refractivity contribution in [2.24, 2.45) is 11.3 Å². The van der Waals surface area contributed by atoms with Crippen LogP contribution < -0.4 is 10.9 Å².